The summed E-state index contributed by atoms with van der Waals surface area (Å²) in [5, 5.41) is 14.3. The van der Waals surface area contributed by atoms with E-state index in [1.54, 1.807) is 19.2 Å². The van der Waals surface area contributed by atoms with Gasteiger partial charge in [0.2, 0.25) is 0 Å². The van der Waals surface area contributed by atoms with E-state index in [0.29, 0.717) is 18.1 Å². The Hall–Kier alpha value is -3.41. The summed E-state index contributed by atoms with van der Waals surface area (Å²) in [5.74, 6) is 1.18. The molecule has 0 unspecified atom stereocenters. The highest BCUT2D eigenvalue weighted by Gasteiger charge is 2.09. The second kappa shape index (κ2) is 8.99. The van der Waals surface area contributed by atoms with Crippen LogP contribution < -0.4 is 15.4 Å². The summed E-state index contributed by atoms with van der Waals surface area (Å²) in [6.07, 6.45) is 0.732. The molecule has 3 rings (SSSR count). The van der Waals surface area contributed by atoms with Crippen LogP contribution in [-0.2, 0) is 6.42 Å². The van der Waals surface area contributed by atoms with Crippen molar-refractivity contribution in [2.24, 2.45) is 0 Å². The predicted molar refractivity (Wildman–Crippen MR) is 110 cm³/mol. The zero-order valence-corrected chi connectivity index (χ0v) is 16.3. The van der Waals surface area contributed by atoms with Crippen LogP contribution in [0.1, 0.15) is 27.2 Å². The third kappa shape index (κ3) is 4.85. The molecule has 0 spiro atoms. The van der Waals surface area contributed by atoms with Gasteiger partial charge in [-0.25, -0.2) is 0 Å². The number of nitrogens with one attached hydrogen (secondary N) is 2. The second-order valence-electron chi connectivity index (χ2n) is 6.55. The molecule has 0 aliphatic carbocycles. The van der Waals surface area contributed by atoms with Crippen LogP contribution >= 0.6 is 0 Å². The molecule has 0 aliphatic heterocycles. The van der Waals surface area contributed by atoms with Gasteiger partial charge in [-0.15, -0.1) is 10.2 Å². The maximum atomic E-state index is 12.3. The fraction of sp³-hybridized carbons (Fsp3) is 0.227. The van der Waals surface area contributed by atoms with Gasteiger partial charge in [0.25, 0.3) is 5.91 Å². The standard InChI is InChI=1S/C22H24N4O2/c1-15-5-4-6-16(2)21(15)24-20-12-11-19(25-26-20)22(27)23-14-13-17-7-9-18(28-3)10-8-17/h4-12H,13-14H2,1-3H3,(H,23,27)(H,24,26). The Morgan fingerprint density at radius 1 is 0.964 bits per heavy atom. The molecule has 0 saturated carbocycles. The van der Waals surface area contributed by atoms with Gasteiger partial charge >= 0.3 is 0 Å². The van der Waals surface area contributed by atoms with Gasteiger partial charge in [-0.05, 0) is 61.2 Å². The van der Waals surface area contributed by atoms with Crippen molar-refractivity contribution in [2.45, 2.75) is 20.3 Å². The van der Waals surface area contributed by atoms with Crippen LogP contribution in [-0.4, -0.2) is 29.8 Å². The zero-order chi connectivity index (χ0) is 19.9. The van der Waals surface area contributed by atoms with Crippen LogP contribution in [0.3, 0.4) is 0 Å². The van der Waals surface area contributed by atoms with Crippen molar-refractivity contribution < 1.29 is 9.53 Å². The lowest BCUT2D eigenvalue weighted by atomic mass is 10.1. The number of amides is 1. The van der Waals surface area contributed by atoms with E-state index < -0.39 is 0 Å². The number of aryl methyl sites for hydroxylation is 2. The van der Waals surface area contributed by atoms with E-state index in [-0.39, 0.29) is 5.91 Å². The number of ether oxygens (including phenoxy) is 1. The van der Waals surface area contributed by atoms with E-state index >= 15 is 0 Å². The van der Waals surface area contributed by atoms with Gasteiger partial charge in [0.1, 0.15) is 5.75 Å². The number of para-hydroxylation sites is 1. The van der Waals surface area contributed by atoms with Crippen molar-refractivity contribution >= 4 is 17.4 Å². The van der Waals surface area contributed by atoms with E-state index in [1.165, 1.54) is 0 Å². The summed E-state index contributed by atoms with van der Waals surface area (Å²) in [6, 6.07) is 17.3. The van der Waals surface area contributed by atoms with Crippen LogP contribution in [0, 0.1) is 13.8 Å². The predicted octanol–water partition coefficient (Wildman–Crippen LogP) is 3.82. The highest BCUT2D eigenvalue weighted by atomic mass is 16.5. The molecule has 0 bridgehead atoms. The summed E-state index contributed by atoms with van der Waals surface area (Å²) in [7, 11) is 1.64. The van der Waals surface area contributed by atoms with Crippen LogP contribution in [0.5, 0.6) is 5.75 Å². The van der Waals surface area contributed by atoms with Crippen LogP contribution in [0.25, 0.3) is 0 Å². The maximum absolute atomic E-state index is 12.3. The summed E-state index contributed by atoms with van der Waals surface area (Å²) in [5.41, 5.74) is 4.68. The van der Waals surface area contributed by atoms with Crippen LogP contribution in [0.2, 0.25) is 0 Å². The minimum atomic E-state index is -0.236. The average Bonchev–Trinajstić information content (AvgIpc) is 2.72. The Bertz CT molecular complexity index is 918. The Labute approximate surface area is 165 Å². The molecule has 1 heterocycles. The molecule has 1 amide bonds. The van der Waals surface area contributed by atoms with Gasteiger partial charge in [0.05, 0.1) is 7.11 Å². The lowest BCUT2D eigenvalue weighted by molar-refractivity contribution is 0.0948. The number of benzene rings is 2. The van der Waals surface area contributed by atoms with Crippen molar-refractivity contribution in [3.8, 4) is 5.75 Å². The van der Waals surface area contributed by atoms with Gasteiger partial charge < -0.3 is 15.4 Å². The minimum absolute atomic E-state index is 0.236. The lowest BCUT2D eigenvalue weighted by Crippen LogP contribution is -2.26. The number of hydrogen-bond acceptors (Lipinski definition) is 5. The first kappa shape index (κ1) is 19.4. The molecular weight excluding hydrogens is 352 g/mol. The molecule has 0 fully saturated rings. The quantitative estimate of drug-likeness (QED) is 0.656. The van der Waals surface area contributed by atoms with Crippen molar-refractivity contribution in [1.82, 2.24) is 15.5 Å². The molecule has 0 aliphatic rings. The highest BCUT2D eigenvalue weighted by molar-refractivity contribution is 5.92. The Morgan fingerprint density at radius 2 is 1.68 bits per heavy atom. The Kier molecular flexibility index (Phi) is 6.22. The second-order valence-corrected chi connectivity index (χ2v) is 6.55. The number of anilines is 2. The van der Waals surface area contributed by atoms with Crippen LogP contribution in [0.4, 0.5) is 11.5 Å². The third-order valence-electron chi connectivity index (χ3n) is 4.49. The molecule has 6 heteroatoms. The number of methoxy groups -OCH3 is 1. The van der Waals surface area contributed by atoms with E-state index in [4.69, 9.17) is 4.74 Å². The topological polar surface area (TPSA) is 76.1 Å². The first-order valence-corrected chi connectivity index (χ1v) is 9.15. The Morgan fingerprint density at radius 3 is 2.29 bits per heavy atom. The molecule has 2 N–H and O–H groups in total. The molecule has 2 aromatic carbocycles. The summed E-state index contributed by atoms with van der Waals surface area (Å²) < 4.78 is 5.14. The number of nitrogens with zero attached hydrogens (tertiary/aromatic N) is 2. The normalized spacial score (nSPS) is 10.4. The van der Waals surface area contributed by atoms with Crippen molar-refractivity contribution in [2.75, 3.05) is 19.0 Å². The van der Waals surface area contributed by atoms with E-state index in [1.807, 2.05) is 56.3 Å². The average molecular weight is 376 g/mol. The van der Waals surface area contributed by atoms with Gasteiger partial charge in [0.15, 0.2) is 11.5 Å². The summed E-state index contributed by atoms with van der Waals surface area (Å²) >= 11 is 0. The third-order valence-corrected chi connectivity index (χ3v) is 4.49. The number of rotatable bonds is 7. The van der Waals surface area contributed by atoms with Gasteiger partial charge in [-0.1, -0.05) is 30.3 Å². The molecule has 28 heavy (non-hydrogen) atoms. The van der Waals surface area contributed by atoms with Crippen molar-refractivity contribution in [1.29, 1.82) is 0 Å². The number of aromatic nitrogens is 2. The first-order chi connectivity index (χ1) is 13.6. The summed E-state index contributed by atoms with van der Waals surface area (Å²) in [4.78, 5) is 12.3. The van der Waals surface area contributed by atoms with Crippen LogP contribution in [0.15, 0.2) is 54.6 Å². The van der Waals surface area contributed by atoms with E-state index in [0.717, 1.165) is 34.5 Å². The molecule has 0 saturated heterocycles. The smallest absolute Gasteiger partial charge is 0.271 e. The van der Waals surface area contributed by atoms with Gasteiger partial charge in [-0.3, -0.25) is 4.79 Å². The molecular formula is C22H24N4O2. The Balaban J connectivity index is 1.54. The minimum Gasteiger partial charge on any atom is -0.497 e. The monoisotopic (exact) mass is 376 g/mol. The van der Waals surface area contributed by atoms with E-state index in [9.17, 15) is 4.79 Å². The number of hydrogen-bond donors (Lipinski definition) is 2. The van der Waals surface area contributed by atoms with Crippen molar-refractivity contribution in [3.63, 3.8) is 0 Å². The molecule has 3 aromatic rings. The lowest BCUT2D eigenvalue weighted by Gasteiger charge is -2.11. The zero-order valence-electron chi connectivity index (χ0n) is 16.3. The SMILES string of the molecule is COc1ccc(CCNC(=O)c2ccc(Nc3c(C)cccc3C)nn2)cc1. The molecule has 144 valence electrons. The van der Waals surface area contributed by atoms with Gasteiger partial charge in [-0.2, -0.15) is 0 Å². The first-order valence-electron chi connectivity index (χ1n) is 9.15. The van der Waals surface area contributed by atoms with E-state index in [2.05, 4.69) is 20.8 Å². The largest absolute Gasteiger partial charge is 0.497 e. The fourth-order valence-corrected chi connectivity index (χ4v) is 2.86. The molecule has 0 atom stereocenters. The fourth-order valence-electron chi connectivity index (χ4n) is 2.86. The summed E-state index contributed by atoms with van der Waals surface area (Å²) in [6.45, 7) is 4.59. The van der Waals surface area contributed by atoms with Crippen molar-refractivity contribution in [3.05, 3.63) is 77.0 Å². The molecule has 1 aromatic heterocycles. The van der Waals surface area contributed by atoms with Gasteiger partial charge in [0, 0.05) is 12.2 Å². The highest BCUT2D eigenvalue weighted by Crippen LogP contribution is 2.22. The maximum Gasteiger partial charge on any atom is 0.271 e. The number of carbonyl (C=O) groups is 1. The molecule has 6 nitrogen and oxygen atoms in total. The molecule has 0 radical (unpaired) electrons. The number of carbonyl (C=O) groups excluding carboxylic acids is 1.